The van der Waals surface area contributed by atoms with E-state index in [1.807, 2.05) is 13.0 Å². The van der Waals surface area contributed by atoms with E-state index in [4.69, 9.17) is 11.0 Å². The van der Waals surface area contributed by atoms with Crippen LogP contribution >= 0.6 is 0 Å². The van der Waals surface area contributed by atoms with E-state index >= 15 is 0 Å². The first-order valence-electron chi connectivity index (χ1n) is 6.62. The Morgan fingerprint density at radius 1 is 1.45 bits per heavy atom. The van der Waals surface area contributed by atoms with Gasteiger partial charge in [0.15, 0.2) is 0 Å². The molecule has 1 aliphatic heterocycles. The van der Waals surface area contributed by atoms with Gasteiger partial charge in [0, 0.05) is 19.1 Å². The topological polar surface area (TPSA) is 87.2 Å². The van der Waals surface area contributed by atoms with E-state index in [-0.39, 0.29) is 10.9 Å². The lowest BCUT2D eigenvalue weighted by Crippen LogP contribution is -2.49. The van der Waals surface area contributed by atoms with Crippen LogP contribution in [0.4, 0.5) is 0 Å². The van der Waals surface area contributed by atoms with Crippen molar-refractivity contribution >= 4 is 10.0 Å². The van der Waals surface area contributed by atoms with Crippen LogP contribution in [0.5, 0.6) is 0 Å². The first-order chi connectivity index (χ1) is 9.36. The van der Waals surface area contributed by atoms with Gasteiger partial charge < -0.3 is 5.73 Å². The van der Waals surface area contributed by atoms with Crippen LogP contribution in [0.15, 0.2) is 23.1 Å². The summed E-state index contributed by atoms with van der Waals surface area (Å²) >= 11 is 0. The van der Waals surface area contributed by atoms with Crippen molar-refractivity contribution in [2.24, 2.45) is 11.7 Å². The van der Waals surface area contributed by atoms with Gasteiger partial charge in [0.1, 0.15) is 0 Å². The molecule has 0 amide bonds. The molecular weight excluding hydrogens is 274 g/mol. The highest BCUT2D eigenvalue weighted by Gasteiger charge is 2.32. The van der Waals surface area contributed by atoms with Crippen molar-refractivity contribution in [2.45, 2.75) is 31.2 Å². The second-order valence-electron chi connectivity index (χ2n) is 5.38. The predicted octanol–water partition coefficient (Wildman–Crippen LogP) is 1.22. The molecule has 0 aliphatic carbocycles. The quantitative estimate of drug-likeness (QED) is 0.888. The lowest BCUT2D eigenvalue weighted by molar-refractivity contribution is 0.253. The molecule has 1 heterocycles. The molecule has 20 heavy (non-hydrogen) atoms. The molecule has 1 aromatic rings. The molecule has 5 nitrogen and oxygen atoms in total. The molecule has 2 N–H and O–H groups in total. The molecule has 1 saturated heterocycles. The van der Waals surface area contributed by atoms with Crippen LogP contribution in [0, 0.1) is 24.2 Å². The zero-order valence-electron chi connectivity index (χ0n) is 11.7. The fourth-order valence-electron chi connectivity index (χ4n) is 2.36. The number of hydrogen-bond acceptors (Lipinski definition) is 4. The summed E-state index contributed by atoms with van der Waals surface area (Å²) in [6, 6.07) is 6.50. The van der Waals surface area contributed by atoms with E-state index < -0.39 is 10.0 Å². The van der Waals surface area contributed by atoms with Crippen LogP contribution in [0.25, 0.3) is 0 Å². The van der Waals surface area contributed by atoms with Crippen molar-refractivity contribution < 1.29 is 8.42 Å². The highest BCUT2D eigenvalue weighted by Crippen LogP contribution is 2.24. The van der Waals surface area contributed by atoms with Gasteiger partial charge in [-0.2, -0.15) is 9.57 Å². The Balaban J connectivity index is 2.31. The van der Waals surface area contributed by atoms with Crippen molar-refractivity contribution in [3.8, 4) is 6.07 Å². The lowest BCUT2D eigenvalue weighted by Gasteiger charge is -2.34. The minimum absolute atomic E-state index is 0.127. The van der Waals surface area contributed by atoms with Gasteiger partial charge >= 0.3 is 0 Å². The van der Waals surface area contributed by atoms with Crippen LogP contribution < -0.4 is 5.73 Å². The van der Waals surface area contributed by atoms with E-state index in [1.165, 1.54) is 10.4 Å². The van der Waals surface area contributed by atoms with Gasteiger partial charge in [-0.1, -0.05) is 6.92 Å². The molecule has 1 fully saturated rings. The number of hydrogen-bond donors (Lipinski definition) is 1. The Hall–Kier alpha value is -1.42. The molecule has 1 aromatic carbocycles. The summed E-state index contributed by atoms with van der Waals surface area (Å²) < 4.78 is 26.6. The maximum atomic E-state index is 12.6. The molecule has 0 aromatic heterocycles. The van der Waals surface area contributed by atoms with Crippen LogP contribution in [0.1, 0.15) is 24.5 Å². The largest absolute Gasteiger partial charge is 0.326 e. The smallest absolute Gasteiger partial charge is 0.243 e. The Morgan fingerprint density at radius 3 is 2.70 bits per heavy atom. The normalized spacial score (nSPS) is 24.3. The summed E-state index contributed by atoms with van der Waals surface area (Å²) in [5, 5.41) is 8.90. The van der Waals surface area contributed by atoms with Crippen LogP contribution in [0.2, 0.25) is 0 Å². The Bertz CT molecular complexity index is 649. The van der Waals surface area contributed by atoms with Crippen molar-refractivity contribution in [2.75, 3.05) is 13.1 Å². The molecule has 6 heteroatoms. The zero-order valence-corrected chi connectivity index (χ0v) is 12.5. The first-order valence-corrected chi connectivity index (χ1v) is 8.06. The van der Waals surface area contributed by atoms with Crippen molar-refractivity contribution in [1.82, 2.24) is 4.31 Å². The molecule has 0 radical (unpaired) electrons. The third-order valence-electron chi connectivity index (χ3n) is 3.94. The van der Waals surface area contributed by atoms with Crippen LogP contribution in [-0.2, 0) is 10.0 Å². The molecule has 2 atom stereocenters. The summed E-state index contributed by atoms with van der Waals surface area (Å²) in [6.45, 7) is 4.63. The van der Waals surface area contributed by atoms with Crippen molar-refractivity contribution in [3.05, 3.63) is 29.3 Å². The maximum Gasteiger partial charge on any atom is 0.243 e. The molecular formula is C14H19N3O2S. The van der Waals surface area contributed by atoms with E-state index in [0.717, 1.165) is 6.42 Å². The van der Waals surface area contributed by atoms with Gasteiger partial charge in [-0.05, 0) is 43.0 Å². The fraction of sp³-hybridized carbons (Fsp3) is 0.500. The number of nitrogens with zero attached hydrogens (tertiary/aromatic N) is 2. The zero-order chi connectivity index (χ0) is 14.9. The van der Waals surface area contributed by atoms with Gasteiger partial charge in [-0.25, -0.2) is 8.42 Å². The number of rotatable bonds is 2. The summed E-state index contributed by atoms with van der Waals surface area (Å²) in [5.41, 5.74) is 7.13. The second-order valence-corrected chi connectivity index (χ2v) is 7.32. The average molecular weight is 293 g/mol. The molecule has 0 bridgehead atoms. The van der Waals surface area contributed by atoms with E-state index in [0.29, 0.717) is 30.1 Å². The fourth-order valence-corrected chi connectivity index (χ4v) is 3.94. The van der Waals surface area contributed by atoms with E-state index in [1.54, 1.807) is 19.1 Å². The van der Waals surface area contributed by atoms with Gasteiger partial charge in [-0.15, -0.1) is 0 Å². The first kappa shape index (κ1) is 15.0. The minimum Gasteiger partial charge on any atom is -0.326 e. The van der Waals surface area contributed by atoms with Gasteiger partial charge in [0.05, 0.1) is 16.5 Å². The Kier molecular flexibility index (Phi) is 4.14. The summed E-state index contributed by atoms with van der Waals surface area (Å²) in [5.74, 6) is 0.337. The number of nitriles is 1. The highest BCUT2D eigenvalue weighted by atomic mass is 32.2. The number of piperidine rings is 1. The number of aryl methyl sites for hydroxylation is 1. The van der Waals surface area contributed by atoms with Crippen molar-refractivity contribution in [1.29, 1.82) is 5.26 Å². The summed E-state index contributed by atoms with van der Waals surface area (Å²) in [4.78, 5) is 0.232. The number of sulfonamides is 1. The monoisotopic (exact) mass is 293 g/mol. The Labute approximate surface area is 120 Å². The van der Waals surface area contributed by atoms with Crippen LogP contribution in [0.3, 0.4) is 0 Å². The Morgan fingerprint density at radius 2 is 2.15 bits per heavy atom. The SMILES string of the molecule is Cc1cc(S(=O)(=O)N2CCC(C)C(N)C2)ccc1C#N. The van der Waals surface area contributed by atoms with Gasteiger partial charge in [0.2, 0.25) is 10.0 Å². The average Bonchev–Trinajstić information content (AvgIpc) is 2.41. The van der Waals surface area contributed by atoms with Crippen molar-refractivity contribution in [3.63, 3.8) is 0 Å². The highest BCUT2D eigenvalue weighted by molar-refractivity contribution is 7.89. The molecule has 0 spiro atoms. The molecule has 1 aliphatic rings. The van der Waals surface area contributed by atoms with E-state index in [2.05, 4.69) is 0 Å². The van der Waals surface area contributed by atoms with E-state index in [9.17, 15) is 8.42 Å². The number of benzene rings is 1. The number of nitrogens with two attached hydrogens (primary N) is 1. The third-order valence-corrected chi connectivity index (χ3v) is 5.80. The van der Waals surface area contributed by atoms with Crippen LogP contribution in [-0.4, -0.2) is 31.9 Å². The molecule has 108 valence electrons. The van der Waals surface area contributed by atoms with Gasteiger partial charge in [0.25, 0.3) is 0 Å². The summed E-state index contributed by atoms with van der Waals surface area (Å²) in [7, 11) is -3.52. The second kappa shape index (κ2) is 5.52. The minimum atomic E-state index is -3.52. The lowest BCUT2D eigenvalue weighted by atomic mass is 9.96. The standard InChI is InChI=1S/C14H19N3O2S/c1-10-5-6-17(9-14(10)16)20(18,19)13-4-3-12(8-15)11(2)7-13/h3-4,7,10,14H,5-6,9,16H2,1-2H3. The predicted molar refractivity (Wildman–Crippen MR) is 76.4 cm³/mol. The summed E-state index contributed by atoms with van der Waals surface area (Å²) in [6.07, 6.45) is 0.773. The maximum absolute atomic E-state index is 12.6. The molecule has 0 saturated carbocycles. The third kappa shape index (κ3) is 2.70. The van der Waals surface area contributed by atoms with Gasteiger partial charge in [-0.3, -0.25) is 0 Å². The molecule has 2 rings (SSSR count). The molecule has 2 unspecified atom stereocenters.